The van der Waals surface area contributed by atoms with Crippen molar-refractivity contribution in [2.45, 2.75) is 25.9 Å². The van der Waals surface area contributed by atoms with E-state index >= 15 is 0 Å². The quantitative estimate of drug-likeness (QED) is 0.836. The molecule has 0 aliphatic carbocycles. The van der Waals surface area contributed by atoms with Gasteiger partial charge in [0.2, 0.25) is 0 Å². The summed E-state index contributed by atoms with van der Waals surface area (Å²) in [5, 5.41) is 3.41. The van der Waals surface area contributed by atoms with Crippen molar-refractivity contribution in [3.63, 3.8) is 0 Å². The van der Waals surface area contributed by atoms with Crippen LogP contribution in [-0.2, 0) is 13.0 Å². The lowest BCUT2D eigenvalue weighted by Crippen LogP contribution is -2.27. The molecule has 4 heteroatoms. The Morgan fingerprint density at radius 3 is 2.71 bits per heavy atom. The molecular formula is C17H19BrFNO. The third-order valence-corrected chi connectivity index (χ3v) is 4.00. The highest BCUT2D eigenvalue weighted by Crippen LogP contribution is 2.19. The molecule has 2 aromatic rings. The van der Waals surface area contributed by atoms with Gasteiger partial charge in [-0.25, -0.2) is 4.39 Å². The third kappa shape index (κ3) is 4.55. The second kappa shape index (κ2) is 7.57. The van der Waals surface area contributed by atoms with E-state index < -0.39 is 0 Å². The zero-order valence-corrected chi connectivity index (χ0v) is 13.8. The van der Waals surface area contributed by atoms with Crippen molar-refractivity contribution >= 4 is 15.9 Å². The Kier molecular flexibility index (Phi) is 5.76. The van der Waals surface area contributed by atoms with Crippen LogP contribution >= 0.6 is 15.9 Å². The number of halogens is 2. The molecule has 2 rings (SSSR count). The summed E-state index contributed by atoms with van der Waals surface area (Å²) in [7, 11) is 1.68. The Morgan fingerprint density at radius 2 is 2.00 bits per heavy atom. The standard InChI is InChI=1S/C17H19BrFNO/c1-12(9-14-5-3-4-6-17(14)21-2)20-11-13-7-8-15(18)16(19)10-13/h3-8,10,12,20H,9,11H2,1-2H3. The van der Waals surface area contributed by atoms with Crippen LogP contribution < -0.4 is 10.1 Å². The molecule has 1 unspecified atom stereocenters. The van der Waals surface area contributed by atoms with Gasteiger partial charge in [-0.15, -0.1) is 0 Å². The molecule has 0 fully saturated rings. The Labute approximate surface area is 133 Å². The molecule has 0 bridgehead atoms. The van der Waals surface area contributed by atoms with Gasteiger partial charge in [-0.3, -0.25) is 0 Å². The summed E-state index contributed by atoms with van der Waals surface area (Å²) in [5.41, 5.74) is 2.10. The molecule has 0 saturated carbocycles. The molecular weight excluding hydrogens is 333 g/mol. The van der Waals surface area contributed by atoms with Gasteiger partial charge in [0.05, 0.1) is 11.6 Å². The SMILES string of the molecule is COc1ccccc1CC(C)NCc1ccc(Br)c(F)c1. The van der Waals surface area contributed by atoms with E-state index in [1.165, 1.54) is 5.56 Å². The van der Waals surface area contributed by atoms with Gasteiger partial charge in [0.15, 0.2) is 0 Å². The van der Waals surface area contributed by atoms with Crippen LogP contribution in [0.1, 0.15) is 18.1 Å². The molecule has 0 spiro atoms. The number of hydrogen-bond acceptors (Lipinski definition) is 2. The number of hydrogen-bond donors (Lipinski definition) is 1. The molecule has 0 aliphatic heterocycles. The first kappa shape index (κ1) is 16.0. The van der Waals surface area contributed by atoms with Crippen LogP contribution in [0.4, 0.5) is 4.39 Å². The summed E-state index contributed by atoms with van der Waals surface area (Å²) < 4.78 is 19.3. The lowest BCUT2D eigenvalue weighted by molar-refractivity contribution is 0.406. The van der Waals surface area contributed by atoms with Gasteiger partial charge in [0.1, 0.15) is 11.6 Å². The van der Waals surface area contributed by atoms with Gasteiger partial charge in [0, 0.05) is 12.6 Å². The predicted octanol–water partition coefficient (Wildman–Crippen LogP) is 4.32. The van der Waals surface area contributed by atoms with Gasteiger partial charge in [-0.2, -0.15) is 0 Å². The molecule has 1 N–H and O–H groups in total. The van der Waals surface area contributed by atoms with E-state index in [1.807, 2.05) is 24.3 Å². The van der Waals surface area contributed by atoms with Crippen LogP contribution in [-0.4, -0.2) is 13.2 Å². The maximum atomic E-state index is 13.5. The number of ether oxygens (including phenoxy) is 1. The van der Waals surface area contributed by atoms with Gasteiger partial charge in [0.25, 0.3) is 0 Å². The van der Waals surface area contributed by atoms with Crippen LogP contribution in [0.2, 0.25) is 0 Å². The monoisotopic (exact) mass is 351 g/mol. The predicted molar refractivity (Wildman–Crippen MR) is 87.1 cm³/mol. The van der Waals surface area contributed by atoms with Crippen LogP contribution in [0.25, 0.3) is 0 Å². The Bertz CT molecular complexity index is 603. The average Bonchev–Trinajstić information content (AvgIpc) is 2.49. The molecule has 0 heterocycles. The molecule has 21 heavy (non-hydrogen) atoms. The fourth-order valence-corrected chi connectivity index (χ4v) is 2.46. The van der Waals surface area contributed by atoms with Gasteiger partial charge >= 0.3 is 0 Å². The average molecular weight is 352 g/mol. The fraction of sp³-hybridized carbons (Fsp3) is 0.294. The molecule has 112 valence electrons. The number of rotatable bonds is 6. The second-order valence-corrected chi connectivity index (χ2v) is 5.90. The first-order valence-electron chi connectivity index (χ1n) is 6.89. The molecule has 2 aromatic carbocycles. The summed E-state index contributed by atoms with van der Waals surface area (Å²) in [5.74, 6) is 0.674. The van der Waals surface area contributed by atoms with Crippen LogP contribution in [0.15, 0.2) is 46.9 Å². The van der Waals surface area contributed by atoms with Crippen molar-refractivity contribution in [2.24, 2.45) is 0 Å². The van der Waals surface area contributed by atoms with Gasteiger partial charge < -0.3 is 10.1 Å². The summed E-state index contributed by atoms with van der Waals surface area (Å²) in [4.78, 5) is 0. The third-order valence-electron chi connectivity index (χ3n) is 3.36. The van der Waals surface area contributed by atoms with E-state index in [4.69, 9.17) is 4.74 Å². The largest absolute Gasteiger partial charge is 0.496 e. The zero-order chi connectivity index (χ0) is 15.2. The first-order chi connectivity index (χ1) is 10.1. The topological polar surface area (TPSA) is 21.3 Å². The smallest absolute Gasteiger partial charge is 0.137 e. The number of benzene rings is 2. The fourth-order valence-electron chi connectivity index (χ4n) is 2.22. The van der Waals surface area contributed by atoms with Crippen LogP contribution in [0, 0.1) is 5.82 Å². The first-order valence-corrected chi connectivity index (χ1v) is 7.68. The summed E-state index contributed by atoms with van der Waals surface area (Å²) in [6.45, 7) is 2.75. The number of para-hydroxylation sites is 1. The lowest BCUT2D eigenvalue weighted by atomic mass is 10.1. The number of nitrogens with one attached hydrogen (secondary N) is 1. The van der Waals surface area contributed by atoms with Crippen molar-refractivity contribution in [3.05, 3.63) is 63.9 Å². The second-order valence-electron chi connectivity index (χ2n) is 5.05. The van der Waals surface area contributed by atoms with E-state index in [9.17, 15) is 4.39 Å². The highest BCUT2D eigenvalue weighted by molar-refractivity contribution is 9.10. The molecule has 0 aliphatic rings. The maximum absolute atomic E-state index is 13.5. The summed E-state index contributed by atoms with van der Waals surface area (Å²) in [6.07, 6.45) is 0.864. The van der Waals surface area contributed by atoms with Crippen molar-refractivity contribution in [2.75, 3.05) is 7.11 Å². The van der Waals surface area contributed by atoms with Crippen molar-refractivity contribution in [1.29, 1.82) is 0 Å². The van der Waals surface area contributed by atoms with Crippen molar-refractivity contribution < 1.29 is 9.13 Å². The summed E-state index contributed by atoms with van der Waals surface area (Å²) >= 11 is 3.16. The zero-order valence-electron chi connectivity index (χ0n) is 12.2. The summed E-state index contributed by atoms with van der Waals surface area (Å²) in [6, 6.07) is 13.5. The van der Waals surface area contributed by atoms with E-state index in [1.54, 1.807) is 19.2 Å². The van der Waals surface area contributed by atoms with Crippen molar-refractivity contribution in [3.8, 4) is 5.75 Å². The minimum atomic E-state index is -0.230. The molecule has 0 amide bonds. The molecule has 1 atom stereocenters. The van der Waals surface area contributed by atoms with E-state index in [-0.39, 0.29) is 11.9 Å². The Hall–Kier alpha value is -1.39. The van der Waals surface area contributed by atoms with Gasteiger partial charge in [-0.1, -0.05) is 24.3 Å². The maximum Gasteiger partial charge on any atom is 0.137 e. The van der Waals surface area contributed by atoms with E-state index in [0.29, 0.717) is 11.0 Å². The Morgan fingerprint density at radius 1 is 1.24 bits per heavy atom. The lowest BCUT2D eigenvalue weighted by Gasteiger charge is -2.16. The normalized spacial score (nSPS) is 12.2. The highest BCUT2D eigenvalue weighted by atomic mass is 79.9. The minimum absolute atomic E-state index is 0.230. The minimum Gasteiger partial charge on any atom is -0.496 e. The van der Waals surface area contributed by atoms with Gasteiger partial charge in [-0.05, 0) is 58.6 Å². The molecule has 0 radical (unpaired) electrons. The molecule has 2 nitrogen and oxygen atoms in total. The molecule has 0 aromatic heterocycles. The van der Waals surface area contributed by atoms with E-state index in [2.05, 4.69) is 34.2 Å². The van der Waals surface area contributed by atoms with Crippen molar-refractivity contribution in [1.82, 2.24) is 5.32 Å². The number of methoxy groups -OCH3 is 1. The van der Waals surface area contributed by atoms with Crippen LogP contribution in [0.5, 0.6) is 5.75 Å². The highest BCUT2D eigenvalue weighted by Gasteiger charge is 2.08. The van der Waals surface area contributed by atoms with E-state index in [0.717, 1.165) is 17.7 Å². The molecule has 0 saturated heterocycles. The van der Waals surface area contributed by atoms with Crippen LogP contribution in [0.3, 0.4) is 0 Å². The Balaban J connectivity index is 1.92.